The number of allylic oxidation sites excluding steroid dienone is 1. The highest BCUT2D eigenvalue weighted by Gasteiger charge is 2.37. The van der Waals surface area contributed by atoms with E-state index in [4.69, 9.17) is 19.7 Å². The Labute approximate surface area is 172 Å². The van der Waals surface area contributed by atoms with Gasteiger partial charge in [0.2, 0.25) is 0 Å². The maximum atomic E-state index is 7.62. The molecule has 4 heteroatoms. The van der Waals surface area contributed by atoms with E-state index < -0.39 is 5.41 Å². The second kappa shape index (κ2) is 11.1. The van der Waals surface area contributed by atoms with Crippen LogP contribution in [0.15, 0.2) is 91.5 Å². The SMILES string of the molecule is C=CC(c1ccccc1)(c1ccccc1OC)c1ccccc1OC.OCCO. The molecule has 0 fully saturated rings. The van der Waals surface area contributed by atoms with Crippen molar-refractivity contribution in [3.63, 3.8) is 0 Å². The van der Waals surface area contributed by atoms with Gasteiger partial charge in [-0.05, 0) is 17.7 Å². The van der Waals surface area contributed by atoms with Crippen molar-refractivity contribution in [1.82, 2.24) is 0 Å². The first-order chi connectivity index (χ1) is 14.2. The molecule has 0 bridgehead atoms. The Balaban J connectivity index is 0.000000687. The first-order valence-electron chi connectivity index (χ1n) is 9.37. The Morgan fingerprint density at radius 2 is 1.14 bits per heavy atom. The van der Waals surface area contributed by atoms with E-state index in [0.717, 1.165) is 28.2 Å². The van der Waals surface area contributed by atoms with E-state index in [1.165, 1.54) is 0 Å². The quantitative estimate of drug-likeness (QED) is 0.467. The van der Waals surface area contributed by atoms with E-state index in [2.05, 4.69) is 30.8 Å². The third-order valence-corrected chi connectivity index (χ3v) is 4.70. The standard InChI is InChI=1S/C23H22O2.C2H6O2/c1-4-23(18-12-6-5-7-13-18,19-14-8-10-16-21(19)24-2)20-15-9-11-17-22(20)25-3;3-1-2-4/h4-17H,1H2,2-3H3;3-4H,1-2H2. The molecule has 0 spiro atoms. The van der Waals surface area contributed by atoms with Crippen molar-refractivity contribution in [3.8, 4) is 11.5 Å². The zero-order valence-electron chi connectivity index (χ0n) is 16.9. The van der Waals surface area contributed by atoms with Crippen LogP contribution >= 0.6 is 0 Å². The number of para-hydroxylation sites is 2. The number of ether oxygens (including phenoxy) is 2. The number of hydrogen-bond acceptors (Lipinski definition) is 4. The van der Waals surface area contributed by atoms with Crippen molar-refractivity contribution in [2.75, 3.05) is 27.4 Å². The fourth-order valence-corrected chi connectivity index (χ4v) is 3.44. The van der Waals surface area contributed by atoms with Gasteiger partial charge in [-0.25, -0.2) is 0 Å². The maximum absolute atomic E-state index is 7.62. The molecule has 0 saturated carbocycles. The van der Waals surface area contributed by atoms with Gasteiger partial charge in [0.1, 0.15) is 11.5 Å². The van der Waals surface area contributed by atoms with Crippen molar-refractivity contribution in [1.29, 1.82) is 0 Å². The fraction of sp³-hybridized carbons (Fsp3) is 0.200. The number of benzene rings is 3. The normalized spacial score (nSPS) is 10.5. The van der Waals surface area contributed by atoms with Crippen LogP contribution in [0.3, 0.4) is 0 Å². The molecule has 0 amide bonds. The molecule has 3 rings (SSSR count). The van der Waals surface area contributed by atoms with Gasteiger partial charge in [-0.1, -0.05) is 72.8 Å². The van der Waals surface area contributed by atoms with Gasteiger partial charge < -0.3 is 19.7 Å². The highest BCUT2D eigenvalue weighted by Crippen LogP contribution is 2.47. The highest BCUT2D eigenvalue weighted by molar-refractivity contribution is 5.62. The maximum Gasteiger partial charge on any atom is 0.123 e. The van der Waals surface area contributed by atoms with Gasteiger partial charge in [0, 0.05) is 11.1 Å². The lowest BCUT2D eigenvalue weighted by atomic mass is 9.69. The van der Waals surface area contributed by atoms with Crippen LogP contribution in [0.5, 0.6) is 11.5 Å². The molecule has 0 saturated heterocycles. The smallest absolute Gasteiger partial charge is 0.123 e. The number of aliphatic hydroxyl groups is 2. The molecule has 3 aromatic carbocycles. The minimum atomic E-state index is -0.583. The summed E-state index contributed by atoms with van der Waals surface area (Å²) in [4.78, 5) is 0. The summed E-state index contributed by atoms with van der Waals surface area (Å²) in [5.41, 5.74) is 2.59. The van der Waals surface area contributed by atoms with Gasteiger partial charge in [0.25, 0.3) is 0 Å². The summed E-state index contributed by atoms with van der Waals surface area (Å²) in [6.07, 6.45) is 1.97. The third kappa shape index (κ3) is 4.67. The van der Waals surface area contributed by atoms with Gasteiger partial charge in [0.05, 0.1) is 32.8 Å². The molecule has 0 unspecified atom stereocenters. The van der Waals surface area contributed by atoms with Crippen molar-refractivity contribution < 1.29 is 19.7 Å². The van der Waals surface area contributed by atoms with E-state index in [-0.39, 0.29) is 13.2 Å². The van der Waals surface area contributed by atoms with Gasteiger partial charge in [-0.15, -0.1) is 6.58 Å². The molecule has 0 radical (unpaired) electrons. The van der Waals surface area contributed by atoms with Crippen LogP contribution in [0, 0.1) is 0 Å². The van der Waals surface area contributed by atoms with Gasteiger partial charge >= 0.3 is 0 Å². The number of aliphatic hydroxyl groups excluding tert-OH is 2. The van der Waals surface area contributed by atoms with E-state index >= 15 is 0 Å². The predicted octanol–water partition coefficient (Wildman–Crippen LogP) is 4.20. The highest BCUT2D eigenvalue weighted by atomic mass is 16.5. The molecule has 3 aromatic rings. The largest absolute Gasteiger partial charge is 0.496 e. The Morgan fingerprint density at radius 3 is 1.52 bits per heavy atom. The van der Waals surface area contributed by atoms with E-state index in [1.54, 1.807) is 14.2 Å². The molecule has 29 heavy (non-hydrogen) atoms. The Hall–Kier alpha value is -3.08. The molecule has 152 valence electrons. The lowest BCUT2D eigenvalue weighted by Crippen LogP contribution is -2.28. The second-order valence-electron chi connectivity index (χ2n) is 6.23. The molecular weight excluding hydrogens is 364 g/mol. The molecule has 2 N–H and O–H groups in total. The molecule has 0 aliphatic heterocycles. The lowest BCUT2D eigenvalue weighted by Gasteiger charge is -2.34. The summed E-state index contributed by atoms with van der Waals surface area (Å²) in [6.45, 7) is 3.95. The van der Waals surface area contributed by atoms with E-state index in [9.17, 15) is 0 Å². The van der Waals surface area contributed by atoms with Crippen LogP contribution in [-0.2, 0) is 5.41 Å². The van der Waals surface area contributed by atoms with Crippen LogP contribution in [0.25, 0.3) is 0 Å². The summed E-state index contributed by atoms with van der Waals surface area (Å²) in [7, 11) is 3.39. The van der Waals surface area contributed by atoms with Crippen molar-refractivity contribution in [2.24, 2.45) is 0 Å². The van der Waals surface area contributed by atoms with Gasteiger partial charge in [-0.3, -0.25) is 0 Å². The molecule has 0 aliphatic carbocycles. The summed E-state index contributed by atoms with van der Waals surface area (Å²) in [6, 6.07) is 26.4. The zero-order valence-corrected chi connectivity index (χ0v) is 16.9. The Kier molecular flexibility index (Phi) is 8.46. The fourth-order valence-electron chi connectivity index (χ4n) is 3.44. The molecule has 0 aromatic heterocycles. The number of hydrogen-bond donors (Lipinski definition) is 2. The summed E-state index contributed by atoms with van der Waals surface area (Å²) in [5.74, 6) is 1.63. The molecular formula is C25H28O4. The van der Waals surface area contributed by atoms with Crippen LogP contribution in [0.4, 0.5) is 0 Å². The third-order valence-electron chi connectivity index (χ3n) is 4.70. The first kappa shape index (κ1) is 22.2. The Morgan fingerprint density at radius 1 is 0.724 bits per heavy atom. The lowest BCUT2D eigenvalue weighted by molar-refractivity contribution is 0.186. The van der Waals surface area contributed by atoms with Crippen LogP contribution < -0.4 is 9.47 Å². The Bertz CT molecular complexity index is 841. The number of methoxy groups -OCH3 is 2. The zero-order chi connectivity index (χ0) is 21.1. The van der Waals surface area contributed by atoms with Crippen LogP contribution in [0.2, 0.25) is 0 Å². The van der Waals surface area contributed by atoms with Crippen LogP contribution in [-0.4, -0.2) is 37.6 Å². The van der Waals surface area contributed by atoms with Crippen molar-refractivity contribution in [2.45, 2.75) is 5.41 Å². The summed E-state index contributed by atoms with van der Waals surface area (Å²) < 4.78 is 11.4. The molecule has 0 heterocycles. The minimum absolute atomic E-state index is 0.125. The van der Waals surface area contributed by atoms with Gasteiger partial charge in [-0.2, -0.15) is 0 Å². The first-order valence-corrected chi connectivity index (χ1v) is 9.37. The predicted molar refractivity (Wildman–Crippen MR) is 117 cm³/mol. The summed E-state index contributed by atoms with van der Waals surface area (Å²) >= 11 is 0. The van der Waals surface area contributed by atoms with Crippen LogP contribution in [0.1, 0.15) is 16.7 Å². The second-order valence-corrected chi connectivity index (χ2v) is 6.23. The average Bonchev–Trinajstić information content (AvgIpc) is 2.81. The van der Waals surface area contributed by atoms with E-state index in [1.807, 2.05) is 60.7 Å². The topological polar surface area (TPSA) is 58.9 Å². The minimum Gasteiger partial charge on any atom is -0.496 e. The monoisotopic (exact) mass is 392 g/mol. The molecule has 0 atom stereocenters. The number of rotatable bonds is 7. The van der Waals surface area contributed by atoms with Crippen molar-refractivity contribution >= 4 is 0 Å². The summed E-state index contributed by atoms with van der Waals surface area (Å²) in [5, 5.41) is 15.2. The van der Waals surface area contributed by atoms with Crippen molar-refractivity contribution in [3.05, 3.63) is 108 Å². The van der Waals surface area contributed by atoms with Gasteiger partial charge in [0.15, 0.2) is 0 Å². The van der Waals surface area contributed by atoms with E-state index in [0.29, 0.717) is 0 Å². The molecule has 0 aliphatic rings. The molecule has 4 nitrogen and oxygen atoms in total. The average molecular weight is 392 g/mol.